The Morgan fingerprint density at radius 3 is 2.68 bits per heavy atom. The van der Waals surface area contributed by atoms with Gasteiger partial charge in [0.05, 0.1) is 11.4 Å². The highest BCUT2D eigenvalue weighted by atomic mass is 16.3. The van der Waals surface area contributed by atoms with Gasteiger partial charge in [-0.25, -0.2) is 4.98 Å². The largest absolute Gasteiger partial charge is 0.451 e. The molecule has 0 spiro atoms. The van der Waals surface area contributed by atoms with Crippen LogP contribution in [0.5, 0.6) is 0 Å². The second-order valence-electron chi connectivity index (χ2n) is 6.36. The summed E-state index contributed by atoms with van der Waals surface area (Å²) in [6.45, 7) is 0.585. The molecule has 7 heteroatoms. The number of fused-ring (bicyclic) bond motifs is 1. The third-order valence-corrected chi connectivity index (χ3v) is 4.48. The Kier molecular flexibility index (Phi) is 4.97. The van der Waals surface area contributed by atoms with E-state index in [1.165, 1.54) is 12.4 Å². The minimum atomic E-state index is -0.435. The van der Waals surface area contributed by atoms with E-state index in [0.717, 1.165) is 5.56 Å². The van der Waals surface area contributed by atoms with Crippen molar-refractivity contribution in [2.45, 2.75) is 19.0 Å². The molecular formula is C21H18N4O3. The fraction of sp³-hybridized carbons (Fsp3) is 0.143. The zero-order valence-electron chi connectivity index (χ0n) is 15.0. The number of nitrogens with one attached hydrogen (secondary N) is 1. The lowest BCUT2D eigenvalue weighted by atomic mass is 10.0. The second-order valence-corrected chi connectivity index (χ2v) is 6.36. The third kappa shape index (κ3) is 3.83. The number of benzene rings is 2. The Bertz CT molecular complexity index is 1140. The summed E-state index contributed by atoms with van der Waals surface area (Å²) in [6, 6.07) is 17.5. The van der Waals surface area contributed by atoms with Gasteiger partial charge in [-0.1, -0.05) is 42.5 Å². The first kappa shape index (κ1) is 17.7. The number of aromatic nitrogens is 3. The summed E-state index contributed by atoms with van der Waals surface area (Å²) in [6.07, 6.45) is 3.71. The van der Waals surface area contributed by atoms with E-state index in [2.05, 4.69) is 15.4 Å². The van der Waals surface area contributed by atoms with Crippen LogP contribution in [0.4, 0.5) is 0 Å². The molecule has 0 bridgehead atoms. The van der Waals surface area contributed by atoms with E-state index in [-0.39, 0.29) is 17.2 Å². The van der Waals surface area contributed by atoms with Gasteiger partial charge in [0.15, 0.2) is 11.2 Å². The van der Waals surface area contributed by atoms with Crippen molar-refractivity contribution in [1.82, 2.24) is 20.1 Å². The summed E-state index contributed by atoms with van der Waals surface area (Å²) in [5, 5.41) is 7.52. The first-order valence-corrected chi connectivity index (χ1v) is 8.92. The number of rotatable bonds is 6. The van der Waals surface area contributed by atoms with Crippen molar-refractivity contribution in [2.75, 3.05) is 0 Å². The lowest BCUT2D eigenvalue weighted by Crippen LogP contribution is -2.30. The van der Waals surface area contributed by atoms with Gasteiger partial charge in [0.1, 0.15) is 18.2 Å². The van der Waals surface area contributed by atoms with E-state index < -0.39 is 5.91 Å². The van der Waals surface area contributed by atoms with Crippen LogP contribution in [0.2, 0.25) is 0 Å². The molecule has 140 valence electrons. The molecule has 1 N–H and O–H groups in total. The van der Waals surface area contributed by atoms with Gasteiger partial charge in [0, 0.05) is 12.6 Å². The molecule has 7 nitrogen and oxygen atoms in total. The third-order valence-electron chi connectivity index (χ3n) is 4.48. The van der Waals surface area contributed by atoms with Crippen molar-refractivity contribution in [3.63, 3.8) is 0 Å². The van der Waals surface area contributed by atoms with Gasteiger partial charge in [-0.3, -0.25) is 14.3 Å². The minimum absolute atomic E-state index is 0.00890. The molecule has 0 fully saturated rings. The Balaban J connectivity index is 1.59. The SMILES string of the molecule is O=C(NC(CCn1cncn1)c1ccccc1)c1cc(=O)c2ccccc2o1. The van der Waals surface area contributed by atoms with Crippen LogP contribution in [0.25, 0.3) is 11.0 Å². The fourth-order valence-electron chi connectivity index (χ4n) is 3.06. The van der Waals surface area contributed by atoms with E-state index in [1.54, 1.807) is 35.3 Å². The van der Waals surface area contributed by atoms with Gasteiger partial charge in [-0.05, 0) is 24.1 Å². The Morgan fingerprint density at radius 2 is 1.89 bits per heavy atom. The van der Waals surface area contributed by atoms with Crippen LogP contribution < -0.4 is 10.7 Å². The highest BCUT2D eigenvalue weighted by molar-refractivity contribution is 5.93. The minimum Gasteiger partial charge on any atom is -0.451 e. The smallest absolute Gasteiger partial charge is 0.287 e. The average molecular weight is 374 g/mol. The standard InChI is InChI=1S/C21H18N4O3/c26-18-12-20(28-19-9-5-4-8-16(18)19)21(27)24-17(15-6-2-1-3-7-15)10-11-25-14-22-13-23-25/h1-9,12-14,17H,10-11H2,(H,24,27). The number of hydrogen-bond acceptors (Lipinski definition) is 5. The van der Waals surface area contributed by atoms with Crippen molar-refractivity contribution in [1.29, 1.82) is 0 Å². The zero-order valence-corrected chi connectivity index (χ0v) is 15.0. The molecule has 1 atom stereocenters. The van der Waals surface area contributed by atoms with Crippen LogP contribution >= 0.6 is 0 Å². The second kappa shape index (κ2) is 7.87. The average Bonchev–Trinajstić information content (AvgIpc) is 3.25. The van der Waals surface area contributed by atoms with Gasteiger partial charge >= 0.3 is 0 Å². The van der Waals surface area contributed by atoms with Gasteiger partial charge in [-0.2, -0.15) is 5.10 Å². The monoisotopic (exact) mass is 374 g/mol. The maximum atomic E-state index is 12.8. The molecule has 0 radical (unpaired) electrons. The van der Waals surface area contributed by atoms with E-state index in [0.29, 0.717) is 23.9 Å². The van der Waals surface area contributed by atoms with E-state index >= 15 is 0 Å². The van der Waals surface area contributed by atoms with Gasteiger partial charge in [0.25, 0.3) is 5.91 Å². The summed E-state index contributed by atoms with van der Waals surface area (Å²) in [5.41, 5.74) is 1.10. The number of hydrogen-bond donors (Lipinski definition) is 1. The molecule has 1 amide bonds. The van der Waals surface area contributed by atoms with Crippen LogP contribution in [0.15, 0.2) is 82.5 Å². The first-order chi connectivity index (χ1) is 13.7. The quantitative estimate of drug-likeness (QED) is 0.560. The summed E-state index contributed by atoms with van der Waals surface area (Å²) < 4.78 is 7.36. The maximum absolute atomic E-state index is 12.8. The summed E-state index contributed by atoms with van der Waals surface area (Å²) in [7, 11) is 0. The van der Waals surface area contributed by atoms with Crippen molar-refractivity contribution in [2.24, 2.45) is 0 Å². The Morgan fingerprint density at radius 1 is 1.11 bits per heavy atom. The predicted octanol–water partition coefficient (Wildman–Crippen LogP) is 2.95. The first-order valence-electron chi connectivity index (χ1n) is 8.92. The lowest BCUT2D eigenvalue weighted by molar-refractivity contribution is 0.0905. The van der Waals surface area contributed by atoms with Crippen molar-refractivity contribution in [3.05, 3.63) is 94.9 Å². The van der Waals surface area contributed by atoms with Crippen LogP contribution in [-0.2, 0) is 6.54 Å². The van der Waals surface area contributed by atoms with Crippen molar-refractivity contribution >= 4 is 16.9 Å². The topological polar surface area (TPSA) is 90.0 Å². The fourth-order valence-corrected chi connectivity index (χ4v) is 3.06. The molecular weight excluding hydrogens is 356 g/mol. The number of aryl methyl sites for hydroxylation is 1. The van der Waals surface area contributed by atoms with E-state index in [1.807, 2.05) is 30.3 Å². The normalized spacial score (nSPS) is 12.0. The van der Waals surface area contributed by atoms with Crippen molar-refractivity contribution < 1.29 is 9.21 Å². The molecule has 2 aromatic heterocycles. The zero-order chi connectivity index (χ0) is 19.3. The van der Waals surface area contributed by atoms with Crippen molar-refractivity contribution in [3.8, 4) is 0 Å². The maximum Gasteiger partial charge on any atom is 0.287 e. The van der Waals surface area contributed by atoms with E-state index in [4.69, 9.17) is 4.42 Å². The molecule has 4 rings (SSSR count). The van der Waals surface area contributed by atoms with Gasteiger partial charge < -0.3 is 9.73 Å². The number of para-hydroxylation sites is 1. The molecule has 0 saturated carbocycles. The van der Waals surface area contributed by atoms with Gasteiger partial charge in [-0.15, -0.1) is 0 Å². The molecule has 2 heterocycles. The molecule has 0 aliphatic heterocycles. The highest BCUT2D eigenvalue weighted by Gasteiger charge is 2.19. The molecule has 0 aliphatic rings. The number of nitrogens with zero attached hydrogens (tertiary/aromatic N) is 3. The Hall–Kier alpha value is -3.74. The molecule has 1 unspecified atom stereocenters. The summed E-state index contributed by atoms with van der Waals surface area (Å²) >= 11 is 0. The van der Waals surface area contributed by atoms with E-state index in [9.17, 15) is 9.59 Å². The Labute approximate surface area is 160 Å². The molecule has 4 aromatic rings. The molecule has 0 saturated heterocycles. The number of carbonyl (C=O) groups excluding carboxylic acids is 1. The highest BCUT2D eigenvalue weighted by Crippen LogP contribution is 2.19. The number of carbonyl (C=O) groups is 1. The summed E-state index contributed by atoms with van der Waals surface area (Å²) in [4.78, 5) is 29.0. The lowest BCUT2D eigenvalue weighted by Gasteiger charge is -2.19. The molecule has 0 aliphatic carbocycles. The van der Waals surface area contributed by atoms with Crippen LogP contribution in [0.1, 0.15) is 28.6 Å². The van der Waals surface area contributed by atoms with Crippen LogP contribution in [0, 0.1) is 0 Å². The van der Waals surface area contributed by atoms with Gasteiger partial charge in [0.2, 0.25) is 0 Å². The molecule has 2 aromatic carbocycles. The molecule has 28 heavy (non-hydrogen) atoms. The predicted molar refractivity (Wildman–Crippen MR) is 104 cm³/mol. The van der Waals surface area contributed by atoms with Crippen LogP contribution in [0.3, 0.4) is 0 Å². The summed E-state index contributed by atoms with van der Waals surface area (Å²) in [5.74, 6) is -0.444. The van der Waals surface area contributed by atoms with Crippen LogP contribution in [-0.4, -0.2) is 20.7 Å². The number of amides is 1.